The maximum absolute atomic E-state index is 12.6. The molecule has 0 unspecified atom stereocenters. The maximum Gasteiger partial charge on any atom is 0.238 e. The van der Waals surface area contributed by atoms with Gasteiger partial charge in [0.25, 0.3) is 0 Å². The standard InChI is InChI=1S/C21H26N2O4/c1-14(24)12-18(22)21(26)23-19(13-27-2)20(25)11-10-16-8-5-7-15-6-3-4-9-17(15)16/h3-9,18-19H,10-13,22H2,1-2H3,(H,23,26)/t18-,19-/m0/s1. The summed E-state index contributed by atoms with van der Waals surface area (Å²) in [5.74, 6) is -0.831. The molecule has 2 aromatic carbocycles. The number of ketones is 2. The third-order valence-corrected chi connectivity index (χ3v) is 4.40. The van der Waals surface area contributed by atoms with E-state index in [2.05, 4.69) is 5.32 Å². The van der Waals surface area contributed by atoms with Crippen LogP contribution in [0.3, 0.4) is 0 Å². The van der Waals surface area contributed by atoms with Crippen LogP contribution in [0.15, 0.2) is 42.5 Å². The fourth-order valence-corrected chi connectivity index (χ4v) is 3.01. The van der Waals surface area contributed by atoms with Gasteiger partial charge in [-0.05, 0) is 29.7 Å². The van der Waals surface area contributed by atoms with Gasteiger partial charge in [-0.2, -0.15) is 0 Å². The fourth-order valence-electron chi connectivity index (χ4n) is 3.01. The number of methoxy groups -OCH3 is 1. The van der Waals surface area contributed by atoms with E-state index in [1.807, 2.05) is 42.5 Å². The van der Waals surface area contributed by atoms with Crippen LogP contribution in [0.4, 0.5) is 0 Å². The highest BCUT2D eigenvalue weighted by Gasteiger charge is 2.24. The van der Waals surface area contributed by atoms with Crippen molar-refractivity contribution in [3.8, 4) is 0 Å². The first-order valence-corrected chi connectivity index (χ1v) is 8.96. The molecule has 6 heteroatoms. The molecule has 0 heterocycles. The van der Waals surface area contributed by atoms with Gasteiger partial charge in [0.1, 0.15) is 11.8 Å². The van der Waals surface area contributed by atoms with Crippen LogP contribution in [-0.4, -0.2) is 43.3 Å². The van der Waals surface area contributed by atoms with E-state index in [1.165, 1.54) is 14.0 Å². The lowest BCUT2D eigenvalue weighted by Gasteiger charge is -2.19. The van der Waals surface area contributed by atoms with Gasteiger partial charge in [0, 0.05) is 20.0 Å². The molecule has 0 saturated carbocycles. The van der Waals surface area contributed by atoms with Crippen LogP contribution >= 0.6 is 0 Å². The highest BCUT2D eigenvalue weighted by molar-refractivity contribution is 5.93. The largest absolute Gasteiger partial charge is 0.382 e. The Hall–Kier alpha value is -2.57. The van der Waals surface area contributed by atoms with Crippen LogP contribution in [0.2, 0.25) is 0 Å². The summed E-state index contributed by atoms with van der Waals surface area (Å²) in [5, 5.41) is 4.84. The van der Waals surface area contributed by atoms with Gasteiger partial charge in [-0.15, -0.1) is 0 Å². The lowest BCUT2D eigenvalue weighted by atomic mass is 9.98. The topological polar surface area (TPSA) is 98.5 Å². The second kappa shape index (κ2) is 9.94. The van der Waals surface area contributed by atoms with E-state index in [4.69, 9.17) is 10.5 Å². The number of rotatable bonds is 10. The van der Waals surface area contributed by atoms with Crippen molar-refractivity contribution >= 4 is 28.2 Å². The minimum absolute atomic E-state index is 0.0598. The monoisotopic (exact) mass is 370 g/mol. The summed E-state index contributed by atoms with van der Waals surface area (Å²) in [5.41, 5.74) is 6.79. The Morgan fingerprint density at radius 3 is 2.52 bits per heavy atom. The van der Waals surface area contributed by atoms with E-state index in [-0.39, 0.29) is 31.0 Å². The third-order valence-electron chi connectivity index (χ3n) is 4.40. The molecule has 0 bridgehead atoms. The highest BCUT2D eigenvalue weighted by Crippen LogP contribution is 2.20. The molecule has 2 rings (SSSR count). The van der Waals surface area contributed by atoms with Gasteiger partial charge in [-0.3, -0.25) is 14.4 Å². The number of nitrogens with two attached hydrogens (primary N) is 1. The molecule has 0 aliphatic rings. The summed E-state index contributed by atoms with van der Waals surface area (Å²) in [6.07, 6.45) is 0.774. The van der Waals surface area contributed by atoms with Crippen LogP contribution in [0, 0.1) is 0 Å². The number of amides is 1. The average molecular weight is 370 g/mol. The second-order valence-corrected chi connectivity index (χ2v) is 6.63. The van der Waals surface area contributed by atoms with Crippen LogP contribution in [0.25, 0.3) is 10.8 Å². The Balaban J connectivity index is 2.02. The van der Waals surface area contributed by atoms with Crippen molar-refractivity contribution in [2.24, 2.45) is 5.73 Å². The smallest absolute Gasteiger partial charge is 0.238 e. The van der Waals surface area contributed by atoms with Crippen LogP contribution in [-0.2, 0) is 25.5 Å². The van der Waals surface area contributed by atoms with E-state index < -0.39 is 18.0 Å². The number of hydrogen-bond acceptors (Lipinski definition) is 5. The van der Waals surface area contributed by atoms with Crippen molar-refractivity contribution in [1.82, 2.24) is 5.32 Å². The molecule has 0 radical (unpaired) electrons. The van der Waals surface area contributed by atoms with Gasteiger partial charge in [-0.25, -0.2) is 0 Å². The second-order valence-electron chi connectivity index (χ2n) is 6.63. The van der Waals surface area contributed by atoms with Gasteiger partial charge in [0.15, 0.2) is 5.78 Å². The van der Waals surface area contributed by atoms with Crippen LogP contribution in [0.5, 0.6) is 0 Å². The molecule has 27 heavy (non-hydrogen) atoms. The third kappa shape index (κ3) is 5.98. The van der Waals surface area contributed by atoms with Crippen molar-refractivity contribution < 1.29 is 19.1 Å². The summed E-state index contributed by atoms with van der Waals surface area (Å²) in [6, 6.07) is 12.3. The number of aryl methyl sites for hydroxylation is 1. The van der Waals surface area contributed by atoms with Crippen molar-refractivity contribution in [3.63, 3.8) is 0 Å². The molecule has 2 atom stereocenters. The van der Waals surface area contributed by atoms with E-state index in [1.54, 1.807) is 0 Å². The van der Waals surface area contributed by atoms with Crippen molar-refractivity contribution in [2.75, 3.05) is 13.7 Å². The summed E-state index contributed by atoms with van der Waals surface area (Å²) >= 11 is 0. The molecule has 0 aliphatic carbocycles. The Bertz CT molecular complexity index is 813. The maximum atomic E-state index is 12.6. The first kappa shape index (κ1) is 20.7. The predicted molar refractivity (Wildman–Crippen MR) is 104 cm³/mol. The minimum Gasteiger partial charge on any atom is -0.382 e. The number of benzene rings is 2. The number of nitrogens with one attached hydrogen (secondary N) is 1. The van der Waals surface area contributed by atoms with E-state index in [9.17, 15) is 14.4 Å². The number of hydrogen-bond donors (Lipinski definition) is 2. The lowest BCUT2D eigenvalue weighted by Crippen LogP contribution is -2.50. The minimum atomic E-state index is -0.965. The van der Waals surface area contributed by atoms with Crippen molar-refractivity contribution in [2.45, 2.75) is 38.3 Å². The number of Topliss-reactive ketones (excluding diaryl/α,β-unsaturated/α-hetero) is 2. The van der Waals surface area contributed by atoms with Crippen molar-refractivity contribution in [1.29, 1.82) is 0 Å². The average Bonchev–Trinajstić information content (AvgIpc) is 2.65. The Morgan fingerprint density at radius 2 is 1.81 bits per heavy atom. The lowest BCUT2D eigenvalue weighted by molar-refractivity contribution is -0.130. The Labute approximate surface area is 159 Å². The number of carbonyl (C=O) groups is 3. The van der Waals surface area contributed by atoms with Crippen LogP contribution in [0.1, 0.15) is 25.3 Å². The van der Waals surface area contributed by atoms with Gasteiger partial charge in [0.2, 0.25) is 5.91 Å². The SMILES string of the molecule is COC[C@H](NC(=O)[C@@H](N)CC(C)=O)C(=O)CCc1cccc2ccccc12. The molecular formula is C21H26N2O4. The molecule has 0 aromatic heterocycles. The normalized spacial score (nSPS) is 13.1. The molecule has 6 nitrogen and oxygen atoms in total. The highest BCUT2D eigenvalue weighted by atomic mass is 16.5. The zero-order chi connectivity index (χ0) is 19.8. The number of carbonyl (C=O) groups excluding carboxylic acids is 3. The first-order valence-electron chi connectivity index (χ1n) is 8.96. The van der Waals surface area contributed by atoms with Gasteiger partial charge in [-0.1, -0.05) is 42.5 Å². The van der Waals surface area contributed by atoms with Gasteiger partial charge >= 0.3 is 0 Å². The van der Waals surface area contributed by atoms with Crippen molar-refractivity contribution in [3.05, 3.63) is 48.0 Å². The number of fused-ring (bicyclic) bond motifs is 1. The van der Waals surface area contributed by atoms with Gasteiger partial charge < -0.3 is 15.8 Å². The quantitative estimate of drug-likeness (QED) is 0.664. The first-order chi connectivity index (χ1) is 12.9. The summed E-state index contributed by atoms with van der Waals surface area (Å²) in [4.78, 5) is 35.9. The summed E-state index contributed by atoms with van der Waals surface area (Å²) < 4.78 is 5.07. The molecule has 3 N–H and O–H groups in total. The zero-order valence-electron chi connectivity index (χ0n) is 15.7. The molecule has 0 fully saturated rings. The Morgan fingerprint density at radius 1 is 1.11 bits per heavy atom. The molecular weight excluding hydrogens is 344 g/mol. The molecule has 144 valence electrons. The Kier molecular flexibility index (Phi) is 7.64. The molecule has 0 saturated heterocycles. The number of ether oxygens (including phenoxy) is 1. The molecule has 2 aromatic rings. The summed E-state index contributed by atoms with van der Waals surface area (Å²) in [7, 11) is 1.46. The zero-order valence-corrected chi connectivity index (χ0v) is 15.7. The van der Waals surface area contributed by atoms with E-state index in [0.29, 0.717) is 6.42 Å². The molecule has 0 aliphatic heterocycles. The predicted octanol–water partition coefficient (Wildman–Crippen LogP) is 1.78. The summed E-state index contributed by atoms with van der Waals surface area (Å²) in [6.45, 7) is 1.43. The molecule has 0 spiro atoms. The van der Waals surface area contributed by atoms with Gasteiger partial charge in [0.05, 0.1) is 12.6 Å². The molecule has 1 amide bonds. The fraction of sp³-hybridized carbons (Fsp3) is 0.381. The van der Waals surface area contributed by atoms with Crippen LogP contribution < -0.4 is 11.1 Å². The van der Waals surface area contributed by atoms with E-state index in [0.717, 1.165) is 16.3 Å². The van der Waals surface area contributed by atoms with E-state index >= 15 is 0 Å².